The van der Waals surface area contributed by atoms with Crippen LogP contribution >= 0.6 is 0 Å². The molecule has 0 bridgehead atoms. The quantitative estimate of drug-likeness (QED) is 0.672. The number of rotatable bonds is 2. The van der Waals surface area contributed by atoms with E-state index in [9.17, 15) is 0 Å². The van der Waals surface area contributed by atoms with Gasteiger partial charge in [-0.2, -0.15) is 4.98 Å². The fourth-order valence-electron chi connectivity index (χ4n) is 1.55. The van der Waals surface area contributed by atoms with Crippen LogP contribution in [-0.2, 0) is 0 Å². The average molecular weight is 226 g/mol. The van der Waals surface area contributed by atoms with Gasteiger partial charge >= 0.3 is 0 Å². The van der Waals surface area contributed by atoms with E-state index in [1.54, 1.807) is 18.6 Å². The number of furan rings is 1. The fraction of sp³-hybridized carbons (Fsp3) is 0.0769. The molecule has 0 spiro atoms. The molecule has 17 heavy (non-hydrogen) atoms. The van der Waals surface area contributed by atoms with Crippen LogP contribution in [0.15, 0.2) is 51.8 Å². The van der Waals surface area contributed by atoms with E-state index in [0.29, 0.717) is 11.7 Å². The van der Waals surface area contributed by atoms with Gasteiger partial charge in [-0.15, -0.1) is 0 Å². The zero-order valence-electron chi connectivity index (χ0n) is 9.25. The molecule has 1 aromatic carbocycles. The predicted molar refractivity (Wildman–Crippen MR) is 62.2 cm³/mol. The Labute approximate surface area is 97.9 Å². The van der Waals surface area contributed by atoms with Crippen molar-refractivity contribution in [2.75, 3.05) is 0 Å². The van der Waals surface area contributed by atoms with Crippen molar-refractivity contribution in [3.8, 4) is 22.8 Å². The molecule has 0 unspecified atom stereocenters. The highest BCUT2D eigenvalue weighted by Gasteiger charge is 2.10. The van der Waals surface area contributed by atoms with Gasteiger partial charge in [0.2, 0.25) is 5.82 Å². The van der Waals surface area contributed by atoms with E-state index in [4.69, 9.17) is 8.94 Å². The number of aryl methyl sites for hydroxylation is 1. The number of benzene rings is 1. The molecular formula is C13H10N2O2. The van der Waals surface area contributed by atoms with Crippen LogP contribution in [0.2, 0.25) is 0 Å². The molecule has 84 valence electrons. The minimum Gasteiger partial charge on any atom is -0.472 e. The maximum atomic E-state index is 5.17. The Hall–Kier alpha value is -2.36. The van der Waals surface area contributed by atoms with Gasteiger partial charge in [0.1, 0.15) is 6.26 Å². The smallest absolute Gasteiger partial charge is 0.261 e. The molecule has 0 radical (unpaired) electrons. The number of nitrogens with zero attached hydrogens (tertiary/aromatic N) is 2. The monoisotopic (exact) mass is 226 g/mol. The Balaban J connectivity index is 1.98. The van der Waals surface area contributed by atoms with Crippen LogP contribution in [0, 0.1) is 6.92 Å². The van der Waals surface area contributed by atoms with E-state index in [0.717, 1.165) is 11.1 Å². The molecule has 4 heteroatoms. The van der Waals surface area contributed by atoms with Gasteiger partial charge in [0.25, 0.3) is 5.89 Å². The Morgan fingerprint density at radius 1 is 1.00 bits per heavy atom. The van der Waals surface area contributed by atoms with Gasteiger partial charge in [-0.3, -0.25) is 0 Å². The van der Waals surface area contributed by atoms with Gasteiger partial charge < -0.3 is 8.94 Å². The van der Waals surface area contributed by atoms with Crippen LogP contribution in [0.3, 0.4) is 0 Å². The van der Waals surface area contributed by atoms with E-state index in [-0.39, 0.29) is 0 Å². The molecule has 2 aromatic heterocycles. The third-order valence-electron chi connectivity index (χ3n) is 2.50. The molecule has 0 aliphatic heterocycles. The van der Waals surface area contributed by atoms with E-state index in [2.05, 4.69) is 10.1 Å². The highest BCUT2D eigenvalue weighted by molar-refractivity contribution is 5.59. The highest BCUT2D eigenvalue weighted by Crippen LogP contribution is 2.22. The SMILES string of the molecule is Cc1ccc(-c2noc(-c3ccoc3)n2)cc1. The Bertz CT molecular complexity index is 609. The molecule has 3 rings (SSSR count). The molecule has 0 saturated heterocycles. The van der Waals surface area contributed by atoms with Crippen LogP contribution in [0.4, 0.5) is 0 Å². The van der Waals surface area contributed by atoms with Gasteiger partial charge in [-0.05, 0) is 13.0 Å². The normalized spacial score (nSPS) is 10.6. The first kappa shape index (κ1) is 9.84. The third kappa shape index (κ3) is 1.85. The summed E-state index contributed by atoms with van der Waals surface area (Å²) in [5.74, 6) is 1.05. The van der Waals surface area contributed by atoms with Crippen LogP contribution < -0.4 is 0 Å². The largest absolute Gasteiger partial charge is 0.472 e. The molecule has 4 nitrogen and oxygen atoms in total. The van der Waals surface area contributed by atoms with Crippen molar-refractivity contribution >= 4 is 0 Å². The first-order chi connectivity index (χ1) is 8.33. The first-order valence-electron chi connectivity index (χ1n) is 5.26. The first-order valence-corrected chi connectivity index (χ1v) is 5.26. The van der Waals surface area contributed by atoms with E-state index in [1.807, 2.05) is 31.2 Å². The number of hydrogen-bond donors (Lipinski definition) is 0. The Kier molecular flexibility index (Phi) is 2.26. The summed E-state index contributed by atoms with van der Waals surface area (Å²) in [7, 11) is 0. The molecule has 0 aliphatic carbocycles. The number of hydrogen-bond acceptors (Lipinski definition) is 4. The Morgan fingerprint density at radius 2 is 1.82 bits per heavy atom. The van der Waals surface area contributed by atoms with Crippen molar-refractivity contribution in [3.63, 3.8) is 0 Å². The summed E-state index contributed by atoms with van der Waals surface area (Å²) in [5, 5.41) is 3.94. The average Bonchev–Trinajstić information content (AvgIpc) is 3.00. The molecule has 0 saturated carbocycles. The van der Waals surface area contributed by atoms with Gasteiger partial charge in [-0.1, -0.05) is 35.0 Å². The van der Waals surface area contributed by atoms with Crippen molar-refractivity contribution < 1.29 is 8.94 Å². The van der Waals surface area contributed by atoms with Gasteiger partial charge in [0.05, 0.1) is 11.8 Å². The molecular weight excluding hydrogens is 216 g/mol. The lowest BCUT2D eigenvalue weighted by atomic mass is 10.1. The minimum absolute atomic E-state index is 0.467. The van der Waals surface area contributed by atoms with Crippen LogP contribution in [0.1, 0.15) is 5.56 Å². The van der Waals surface area contributed by atoms with E-state index < -0.39 is 0 Å². The summed E-state index contributed by atoms with van der Waals surface area (Å²) in [6.07, 6.45) is 3.15. The second kappa shape index (κ2) is 3.90. The summed E-state index contributed by atoms with van der Waals surface area (Å²) >= 11 is 0. The maximum Gasteiger partial charge on any atom is 0.261 e. The molecule has 2 heterocycles. The lowest BCUT2D eigenvalue weighted by Gasteiger charge is -1.94. The summed E-state index contributed by atoms with van der Waals surface area (Å²) < 4.78 is 10.1. The van der Waals surface area contributed by atoms with Crippen LogP contribution in [-0.4, -0.2) is 10.1 Å². The summed E-state index contributed by atoms with van der Waals surface area (Å²) in [6, 6.07) is 9.76. The van der Waals surface area contributed by atoms with Crippen molar-refractivity contribution in [1.82, 2.24) is 10.1 Å². The molecule has 0 fully saturated rings. The fourth-order valence-corrected chi connectivity index (χ4v) is 1.55. The standard InChI is InChI=1S/C13H10N2O2/c1-9-2-4-10(5-3-9)12-14-13(17-15-12)11-6-7-16-8-11/h2-8H,1H3. The molecule has 0 amide bonds. The van der Waals surface area contributed by atoms with Gasteiger partial charge in [-0.25, -0.2) is 0 Å². The Morgan fingerprint density at radius 3 is 2.53 bits per heavy atom. The lowest BCUT2D eigenvalue weighted by Crippen LogP contribution is -1.81. The topological polar surface area (TPSA) is 52.1 Å². The van der Waals surface area contributed by atoms with E-state index >= 15 is 0 Å². The van der Waals surface area contributed by atoms with Crippen molar-refractivity contribution in [2.45, 2.75) is 6.92 Å². The number of aromatic nitrogens is 2. The molecule has 0 N–H and O–H groups in total. The van der Waals surface area contributed by atoms with Crippen molar-refractivity contribution in [2.24, 2.45) is 0 Å². The van der Waals surface area contributed by atoms with Gasteiger partial charge in [0.15, 0.2) is 0 Å². The summed E-state index contributed by atoms with van der Waals surface area (Å²) in [4.78, 5) is 4.31. The maximum absolute atomic E-state index is 5.17. The molecule has 3 aromatic rings. The second-order valence-electron chi connectivity index (χ2n) is 3.80. The molecule has 0 atom stereocenters. The van der Waals surface area contributed by atoms with Crippen LogP contribution in [0.5, 0.6) is 0 Å². The van der Waals surface area contributed by atoms with Crippen molar-refractivity contribution in [1.29, 1.82) is 0 Å². The zero-order valence-corrected chi connectivity index (χ0v) is 9.25. The summed E-state index contributed by atoms with van der Waals surface area (Å²) in [5.41, 5.74) is 2.93. The zero-order chi connectivity index (χ0) is 11.7. The highest BCUT2D eigenvalue weighted by atomic mass is 16.5. The summed E-state index contributed by atoms with van der Waals surface area (Å²) in [6.45, 7) is 2.04. The van der Waals surface area contributed by atoms with Crippen molar-refractivity contribution in [3.05, 3.63) is 48.4 Å². The van der Waals surface area contributed by atoms with Crippen LogP contribution in [0.25, 0.3) is 22.8 Å². The molecule has 0 aliphatic rings. The predicted octanol–water partition coefficient (Wildman–Crippen LogP) is 3.31. The minimum atomic E-state index is 0.467. The van der Waals surface area contributed by atoms with E-state index in [1.165, 1.54) is 5.56 Å². The lowest BCUT2D eigenvalue weighted by molar-refractivity contribution is 0.431. The third-order valence-corrected chi connectivity index (χ3v) is 2.50. The second-order valence-corrected chi connectivity index (χ2v) is 3.80. The van der Waals surface area contributed by atoms with Gasteiger partial charge in [0, 0.05) is 5.56 Å².